The summed E-state index contributed by atoms with van der Waals surface area (Å²) in [7, 11) is 0. The number of hydrogen-bond donors (Lipinski definition) is 1. The summed E-state index contributed by atoms with van der Waals surface area (Å²) in [5.74, 6) is 5.22. The highest BCUT2D eigenvalue weighted by Crippen LogP contribution is 2.37. The summed E-state index contributed by atoms with van der Waals surface area (Å²) in [6.07, 6.45) is -4.68. The number of nitrogens with one attached hydrogen (secondary N) is 1. The van der Waals surface area contributed by atoms with Gasteiger partial charge in [0, 0.05) is 66.3 Å². The highest BCUT2D eigenvalue weighted by Gasteiger charge is 2.39. The van der Waals surface area contributed by atoms with Crippen molar-refractivity contribution in [3.63, 3.8) is 0 Å². The Labute approximate surface area is 256 Å². The summed E-state index contributed by atoms with van der Waals surface area (Å²) in [5.41, 5.74) is -1.20. The molecule has 2 aromatic carbocycles. The molecule has 4 aromatic rings. The SMILES string of the molecule is Cl.Cl.O=C(c1cc(C(F)(F)F)cc(C(F)(F)F)c1)N1CCN(CC#Cc2cccnc2)C[C@H]1Cc1c[nH]c2ccccc12. The van der Waals surface area contributed by atoms with Crippen molar-refractivity contribution in [2.75, 3.05) is 26.2 Å². The number of H-pyrrole nitrogens is 1. The summed E-state index contributed by atoms with van der Waals surface area (Å²) in [5, 5.41) is 0.923. The van der Waals surface area contributed by atoms with Gasteiger partial charge in [-0.15, -0.1) is 24.8 Å². The second-order valence-electron chi connectivity index (χ2n) is 9.79. The van der Waals surface area contributed by atoms with Crippen molar-refractivity contribution in [1.82, 2.24) is 19.8 Å². The van der Waals surface area contributed by atoms with E-state index in [1.54, 1.807) is 24.7 Å². The number of aromatic nitrogens is 2. The average Bonchev–Trinajstić information content (AvgIpc) is 3.35. The minimum absolute atomic E-state index is 0. The Morgan fingerprint density at radius 3 is 2.30 bits per heavy atom. The van der Waals surface area contributed by atoms with Gasteiger partial charge in [-0.2, -0.15) is 26.3 Å². The lowest BCUT2D eigenvalue weighted by atomic mass is 9.98. The van der Waals surface area contributed by atoms with E-state index in [-0.39, 0.29) is 37.4 Å². The fourth-order valence-electron chi connectivity index (χ4n) is 4.99. The smallest absolute Gasteiger partial charge is 0.361 e. The molecule has 228 valence electrons. The van der Waals surface area contributed by atoms with E-state index in [9.17, 15) is 31.1 Å². The first-order valence-corrected chi connectivity index (χ1v) is 12.8. The van der Waals surface area contributed by atoms with Crippen LogP contribution in [0.3, 0.4) is 0 Å². The van der Waals surface area contributed by atoms with Crippen LogP contribution >= 0.6 is 24.8 Å². The lowest BCUT2D eigenvalue weighted by Gasteiger charge is -2.41. The molecule has 5 rings (SSSR count). The Balaban J connectivity index is 0.00000253. The molecule has 1 saturated heterocycles. The van der Waals surface area contributed by atoms with Crippen molar-refractivity contribution >= 4 is 41.6 Å². The summed E-state index contributed by atoms with van der Waals surface area (Å²) in [6.45, 7) is 1.15. The van der Waals surface area contributed by atoms with Gasteiger partial charge in [-0.25, -0.2) is 0 Å². The maximum atomic E-state index is 13.6. The molecule has 13 heteroatoms. The molecule has 0 bridgehead atoms. The van der Waals surface area contributed by atoms with Gasteiger partial charge in [0.05, 0.1) is 17.7 Å². The van der Waals surface area contributed by atoms with E-state index in [0.29, 0.717) is 38.2 Å². The number of para-hydroxylation sites is 1. The van der Waals surface area contributed by atoms with Gasteiger partial charge in [-0.05, 0) is 48.4 Å². The quantitative estimate of drug-likeness (QED) is 0.195. The van der Waals surface area contributed by atoms with Crippen LogP contribution in [0.4, 0.5) is 26.3 Å². The third-order valence-electron chi connectivity index (χ3n) is 6.99. The molecule has 0 unspecified atom stereocenters. The Kier molecular flexibility index (Phi) is 10.8. The standard InChI is InChI=1S/C30H24F6N4O.2ClH/c31-29(32,33)23-13-21(14-24(16-23)30(34,35)36)28(41)40-12-11-39(10-4-6-20-5-3-9-37-17-20)19-25(40)15-22-18-38-27-8-2-1-7-26(22)27;;/h1-3,5,7-9,13-14,16-18,25,38H,10-12,15,19H2;2*1H/t25-;;/m1../s1. The second kappa shape index (κ2) is 13.7. The molecule has 1 atom stereocenters. The van der Waals surface area contributed by atoms with Gasteiger partial charge in [-0.3, -0.25) is 14.7 Å². The van der Waals surface area contributed by atoms with E-state index in [0.717, 1.165) is 22.0 Å². The van der Waals surface area contributed by atoms with E-state index < -0.39 is 41.0 Å². The zero-order chi connectivity index (χ0) is 29.2. The van der Waals surface area contributed by atoms with Crippen molar-refractivity contribution in [3.8, 4) is 11.8 Å². The number of fused-ring (bicyclic) bond motifs is 1. The zero-order valence-corrected chi connectivity index (χ0v) is 24.0. The molecule has 1 amide bonds. The number of halogens is 8. The number of carbonyl (C=O) groups is 1. The van der Waals surface area contributed by atoms with Crippen molar-refractivity contribution in [2.24, 2.45) is 0 Å². The van der Waals surface area contributed by atoms with Crippen molar-refractivity contribution in [3.05, 3.63) is 101 Å². The normalized spacial score (nSPS) is 15.7. The summed E-state index contributed by atoms with van der Waals surface area (Å²) >= 11 is 0. The van der Waals surface area contributed by atoms with Crippen molar-refractivity contribution < 1.29 is 31.1 Å². The van der Waals surface area contributed by atoms with E-state index in [1.807, 2.05) is 35.2 Å². The van der Waals surface area contributed by atoms with E-state index in [4.69, 9.17) is 0 Å². The predicted octanol–water partition coefficient (Wildman–Crippen LogP) is 6.86. The highest BCUT2D eigenvalue weighted by atomic mass is 35.5. The van der Waals surface area contributed by atoms with Crippen LogP contribution < -0.4 is 0 Å². The largest absolute Gasteiger partial charge is 0.416 e. The van der Waals surface area contributed by atoms with Crippen LogP contribution in [-0.4, -0.2) is 57.9 Å². The molecular weight excluding hydrogens is 617 g/mol. The maximum absolute atomic E-state index is 13.6. The molecule has 0 saturated carbocycles. The molecular formula is C30H26Cl2F6N4O. The third kappa shape index (κ3) is 8.02. The number of piperazine rings is 1. The van der Waals surface area contributed by atoms with Crippen LogP contribution in [-0.2, 0) is 18.8 Å². The highest BCUT2D eigenvalue weighted by molar-refractivity contribution is 5.95. The minimum Gasteiger partial charge on any atom is -0.361 e. The number of aromatic amines is 1. The molecule has 3 heterocycles. The van der Waals surface area contributed by atoms with Crippen LogP contribution in [0.2, 0.25) is 0 Å². The lowest BCUT2D eigenvalue weighted by molar-refractivity contribution is -0.143. The number of benzene rings is 2. The first-order chi connectivity index (χ1) is 19.5. The average molecular weight is 643 g/mol. The maximum Gasteiger partial charge on any atom is 0.416 e. The van der Waals surface area contributed by atoms with Gasteiger partial charge in [0.15, 0.2) is 0 Å². The van der Waals surface area contributed by atoms with E-state index in [1.165, 1.54) is 4.90 Å². The van der Waals surface area contributed by atoms with Crippen molar-refractivity contribution in [2.45, 2.75) is 24.8 Å². The molecule has 0 aliphatic carbocycles. The van der Waals surface area contributed by atoms with E-state index in [2.05, 4.69) is 21.8 Å². The zero-order valence-electron chi connectivity index (χ0n) is 22.4. The van der Waals surface area contributed by atoms with Crippen LogP contribution in [0, 0.1) is 11.8 Å². The number of rotatable bonds is 4. The molecule has 1 fully saturated rings. The van der Waals surface area contributed by atoms with Gasteiger partial charge in [-0.1, -0.05) is 30.0 Å². The van der Waals surface area contributed by atoms with Gasteiger partial charge in [0.25, 0.3) is 5.91 Å². The van der Waals surface area contributed by atoms with Crippen molar-refractivity contribution in [1.29, 1.82) is 0 Å². The monoisotopic (exact) mass is 642 g/mol. The first-order valence-electron chi connectivity index (χ1n) is 12.8. The number of nitrogens with zero attached hydrogens (tertiary/aromatic N) is 3. The van der Waals surface area contributed by atoms with Gasteiger partial charge in [0.2, 0.25) is 0 Å². The van der Waals surface area contributed by atoms with Crippen LogP contribution in [0.5, 0.6) is 0 Å². The van der Waals surface area contributed by atoms with Gasteiger partial charge in [0.1, 0.15) is 0 Å². The van der Waals surface area contributed by atoms with Crippen LogP contribution in [0.1, 0.15) is 32.6 Å². The molecule has 1 aliphatic heterocycles. The fourth-order valence-corrected chi connectivity index (χ4v) is 4.99. The van der Waals surface area contributed by atoms with Gasteiger partial charge >= 0.3 is 12.4 Å². The number of alkyl halides is 6. The summed E-state index contributed by atoms with van der Waals surface area (Å²) in [4.78, 5) is 24.2. The van der Waals surface area contributed by atoms with E-state index >= 15 is 0 Å². The Morgan fingerprint density at radius 1 is 0.953 bits per heavy atom. The topological polar surface area (TPSA) is 52.2 Å². The molecule has 2 aromatic heterocycles. The van der Waals surface area contributed by atoms with Crippen LogP contribution in [0.15, 0.2) is 73.2 Å². The third-order valence-corrected chi connectivity index (χ3v) is 6.99. The number of amides is 1. The summed E-state index contributed by atoms with van der Waals surface area (Å²) < 4.78 is 81.0. The molecule has 5 nitrogen and oxygen atoms in total. The second-order valence-corrected chi connectivity index (χ2v) is 9.79. The molecule has 1 aliphatic rings. The number of carbonyl (C=O) groups excluding carboxylic acids is 1. The molecule has 0 spiro atoms. The number of hydrogen-bond acceptors (Lipinski definition) is 3. The summed E-state index contributed by atoms with van der Waals surface area (Å²) in [6, 6.07) is 11.6. The van der Waals surface area contributed by atoms with Crippen LogP contribution in [0.25, 0.3) is 10.9 Å². The predicted molar refractivity (Wildman–Crippen MR) is 155 cm³/mol. The van der Waals surface area contributed by atoms with Gasteiger partial charge < -0.3 is 9.88 Å². The Hall–Kier alpha value is -3.72. The first kappa shape index (κ1) is 33.8. The lowest BCUT2D eigenvalue weighted by Crippen LogP contribution is -2.56. The minimum atomic E-state index is -5.05. The molecule has 1 N–H and O–H groups in total. The Morgan fingerprint density at radius 2 is 1.65 bits per heavy atom. The molecule has 43 heavy (non-hydrogen) atoms. The number of pyridine rings is 1. The molecule has 0 radical (unpaired) electrons. The Bertz CT molecular complexity index is 1580. The fraction of sp³-hybridized carbons (Fsp3) is 0.267.